The Morgan fingerprint density at radius 2 is 0.947 bits per heavy atom. The molecule has 6 heteroatoms. The summed E-state index contributed by atoms with van der Waals surface area (Å²) in [7, 11) is 0. The van der Waals surface area contributed by atoms with Crippen molar-refractivity contribution in [2.24, 2.45) is 0 Å². The molecule has 0 aromatic heterocycles. The van der Waals surface area contributed by atoms with E-state index in [9.17, 15) is 19.8 Å². The minimum Gasteiger partial charge on any atom is -0.462 e. The van der Waals surface area contributed by atoms with E-state index in [-0.39, 0.29) is 24.9 Å². The lowest BCUT2D eigenvalue weighted by atomic mass is 10.0. The van der Waals surface area contributed by atoms with Gasteiger partial charge in [0.05, 0.1) is 25.2 Å². The number of amides is 1. The molecule has 0 spiro atoms. The second-order valence-corrected chi connectivity index (χ2v) is 16.2. The molecule has 0 heterocycles. The van der Waals surface area contributed by atoms with Crippen molar-refractivity contribution in [3.8, 4) is 0 Å². The van der Waals surface area contributed by atoms with Crippen LogP contribution >= 0.6 is 0 Å². The van der Waals surface area contributed by atoms with Gasteiger partial charge < -0.3 is 20.3 Å². The molecular formula is C51H91NO5. The highest BCUT2D eigenvalue weighted by atomic mass is 16.5. The van der Waals surface area contributed by atoms with Crippen LogP contribution in [0.4, 0.5) is 0 Å². The molecule has 0 fully saturated rings. The lowest BCUT2D eigenvalue weighted by molar-refractivity contribution is -0.151. The van der Waals surface area contributed by atoms with Crippen molar-refractivity contribution in [1.29, 1.82) is 0 Å². The fourth-order valence-electron chi connectivity index (χ4n) is 7.01. The number of nitrogens with one attached hydrogen (secondary N) is 1. The summed E-state index contributed by atoms with van der Waals surface area (Å²) >= 11 is 0. The van der Waals surface area contributed by atoms with Crippen LogP contribution in [0.5, 0.6) is 0 Å². The maximum Gasteiger partial charge on any atom is 0.306 e. The minimum absolute atomic E-state index is 0.0576. The third-order valence-electron chi connectivity index (χ3n) is 10.7. The van der Waals surface area contributed by atoms with Gasteiger partial charge in [0.1, 0.15) is 6.10 Å². The average molecular weight is 798 g/mol. The first kappa shape index (κ1) is 54.6. The molecule has 0 rings (SSSR count). The van der Waals surface area contributed by atoms with Crippen molar-refractivity contribution in [1.82, 2.24) is 5.32 Å². The Labute approximate surface area is 352 Å². The standard InChI is InChI=1S/C51H91NO5/c1-4-7-10-13-16-19-22-24-25-27-29-32-35-38-41-44-51(56)57-47(42-39-36-33-30-28-26-23-20-17-14-11-8-5-2)45-50(55)52-48(46-53)49(54)43-40-37-34-31-21-18-15-12-9-6-3/h8,11,14,16-17,19-20,22-24,47-49,53-54H,4-7,9-10,12-13,15,18,21,25-46H2,1-3H3,(H,52,55)/b11-8+,17-14+,19-16+,23-20+,24-22+. The monoisotopic (exact) mass is 798 g/mol. The first-order valence-electron chi connectivity index (χ1n) is 24.1. The highest BCUT2D eigenvalue weighted by Gasteiger charge is 2.24. The van der Waals surface area contributed by atoms with Gasteiger partial charge in [0, 0.05) is 6.42 Å². The zero-order chi connectivity index (χ0) is 41.7. The van der Waals surface area contributed by atoms with Crippen molar-refractivity contribution >= 4 is 11.9 Å². The van der Waals surface area contributed by atoms with Crippen LogP contribution in [0.25, 0.3) is 0 Å². The molecule has 3 atom stereocenters. The Morgan fingerprint density at radius 1 is 0.526 bits per heavy atom. The number of aliphatic hydroxyl groups is 2. The molecule has 1 amide bonds. The number of ether oxygens (including phenoxy) is 1. The SMILES string of the molecule is CC/C=C/C=C/C=C/CCCCCCCC(CC(=O)NC(CO)C(O)CCCCCCCCCCCC)OC(=O)CCCCCCCC/C=C/C=C/CCCCC. The summed E-state index contributed by atoms with van der Waals surface area (Å²) in [6.45, 7) is 6.29. The lowest BCUT2D eigenvalue weighted by Crippen LogP contribution is -2.46. The smallest absolute Gasteiger partial charge is 0.306 e. The molecule has 0 aromatic carbocycles. The molecule has 3 N–H and O–H groups in total. The number of aliphatic hydroxyl groups excluding tert-OH is 2. The van der Waals surface area contributed by atoms with E-state index in [1.54, 1.807) is 0 Å². The maximum absolute atomic E-state index is 13.1. The van der Waals surface area contributed by atoms with E-state index in [1.165, 1.54) is 89.9 Å². The Balaban J connectivity index is 4.64. The van der Waals surface area contributed by atoms with E-state index in [4.69, 9.17) is 4.74 Å². The van der Waals surface area contributed by atoms with E-state index in [0.717, 1.165) is 89.9 Å². The quantitative estimate of drug-likeness (QED) is 0.0325. The van der Waals surface area contributed by atoms with E-state index >= 15 is 0 Å². The van der Waals surface area contributed by atoms with Gasteiger partial charge in [0.2, 0.25) is 5.91 Å². The summed E-state index contributed by atoms with van der Waals surface area (Å²) in [5.74, 6) is -0.510. The van der Waals surface area contributed by atoms with Gasteiger partial charge in [-0.1, -0.05) is 204 Å². The van der Waals surface area contributed by atoms with Gasteiger partial charge in [-0.25, -0.2) is 0 Å². The van der Waals surface area contributed by atoms with Crippen molar-refractivity contribution in [3.05, 3.63) is 60.8 Å². The van der Waals surface area contributed by atoms with Gasteiger partial charge in [-0.2, -0.15) is 0 Å². The zero-order valence-electron chi connectivity index (χ0n) is 37.5. The van der Waals surface area contributed by atoms with Crippen LogP contribution in [-0.4, -0.2) is 46.9 Å². The fraction of sp³-hybridized carbons (Fsp3) is 0.765. The van der Waals surface area contributed by atoms with E-state index in [0.29, 0.717) is 19.3 Å². The second-order valence-electron chi connectivity index (χ2n) is 16.2. The second kappa shape index (κ2) is 44.7. The third kappa shape index (κ3) is 40.1. The third-order valence-corrected chi connectivity index (χ3v) is 10.7. The molecule has 57 heavy (non-hydrogen) atoms. The van der Waals surface area contributed by atoms with Crippen LogP contribution in [0.15, 0.2) is 60.8 Å². The maximum atomic E-state index is 13.1. The molecule has 0 aliphatic rings. The number of unbranched alkanes of at least 4 members (excludes halogenated alkanes) is 23. The molecule has 0 aliphatic heterocycles. The van der Waals surface area contributed by atoms with Gasteiger partial charge in [-0.05, 0) is 70.6 Å². The van der Waals surface area contributed by atoms with Gasteiger partial charge in [0.15, 0.2) is 0 Å². The van der Waals surface area contributed by atoms with Crippen LogP contribution in [0.1, 0.15) is 226 Å². The van der Waals surface area contributed by atoms with Crippen LogP contribution < -0.4 is 5.32 Å². The Morgan fingerprint density at radius 3 is 1.47 bits per heavy atom. The molecule has 0 saturated heterocycles. The van der Waals surface area contributed by atoms with Crippen LogP contribution in [0, 0.1) is 0 Å². The van der Waals surface area contributed by atoms with Crippen molar-refractivity contribution in [2.45, 2.75) is 244 Å². The largest absolute Gasteiger partial charge is 0.462 e. The number of esters is 1. The van der Waals surface area contributed by atoms with Gasteiger partial charge in [0.25, 0.3) is 0 Å². The molecule has 0 radical (unpaired) electrons. The Bertz CT molecular complexity index is 1030. The predicted octanol–water partition coefficient (Wildman–Crippen LogP) is 14.1. The molecule has 0 bridgehead atoms. The summed E-state index contributed by atoms with van der Waals surface area (Å²) in [6.07, 6.45) is 54.2. The fourth-order valence-corrected chi connectivity index (χ4v) is 7.01. The molecule has 3 unspecified atom stereocenters. The lowest BCUT2D eigenvalue weighted by Gasteiger charge is -2.24. The van der Waals surface area contributed by atoms with Gasteiger partial charge >= 0.3 is 5.97 Å². The van der Waals surface area contributed by atoms with Crippen molar-refractivity contribution < 1.29 is 24.5 Å². The molecule has 0 saturated carbocycles. The van der Waals surface area contributed by atoms with E-state index in [1.807, 2.05) is 0 Å². The van der Waals surface area contributed by atoms with Gasteiger partial charge in [-0.15, -0.1) is 0 Å². The van der Waals surface area contributed by atoms with Crippen molar-refractivity contribution in [2.75, 3.05) is 6.61 Å². The number of hydrogen-bond donors (Lipinski definition) is 3. The summed E-state index contributed by atoms with van der Waals surface area (Å²) in [5, 5.41) is 23.6. The Hall–Kier alpha value is -2.44. The van der Waals surface area contributed by atoms with Crippen LogP contribution in [0.3, 0.4) is 0 Å². The number of rotatable bonds is 42. The predicted molar refractivity (Wildman–Crippen MR) is 245 cm³/mol. The van der Waals surface area contributed by atoms with Gasteiger partial charge in [-0.3, -0.25) is 9.59 Å². The van der Waals surface area contributed by atoms with E-state index in [2.05, 4.69) is 86.8 Å². The molecule has 0 aliphatic carbocycles. The number of carbonyl (C=O) groups excluding carboxylic acids is 2. The number of hydrogen-bond acceptors (Lipinski definition) is 5. The number of allylic oxidation sites excluding steroid dienone is 10. The van der Waals surface area contributed by atoms with Crippen LogP contribution in [-0.2, 0) is 14.3 Å². The normalized spacial score (nSPS) is 13.8. The summed E-state index contributed by atoms with van der Waals surface area (Å²) in [6, 6.07) is -0.710. The minimum atomic E-state index is -0.795. The van der Waals surface area contributed by atoms with E-state index < -0.39 is 18.2 Å². The summed E-state index contributed by atoms with van der Waals surface area (Å²) in [4.78, 5) is 26.0. The molecule has 6 nitrogen and oxygen atoms in total. The summed E-state index contributed by atoms with van der Waals surface area (Å²) in [5.41, 5.74) is 0. The Kier molecular flexibility index (Phi) is 42.7. The average Bonchev–Trinajstić information content (AvgIpc) is 3.20. The highest BCUT2D eigenvalue weighted by molar-refractivity contribution is 5.77. The molecule has 0 aromatic rings. The first-order chi connectivity index (χ1) is 28.0. The zero-order valence-corrected chi connectivity index (χ0v) is 37.5. The first-order valence-corrected chi connectivity index (χ1v) is 24.1. The molecule has 330 valence electrons. The van der Waals surface area contributed by atoms with Crippen molar-refractivity contribution in [3.63, 3.8) is 0 Å². The van der Waals surface area contributed by atoms with Crippen LogP contribution in [0.2, 0.25) is 0 Å². The number of carbonyl (C=O) groups is 2. The highest BCUT2D eigenvalue weighted by Crippen LogP contribution is 2.17. The topological polar surface area (TPSA) is 95.9 Å². The molecular weight excluding hydrogens is 707 g/mol. The summed E-state index contributed by atoms with van der Waals surface area (Å²) < 4.78 is 5.90.